The number of hydrogen-bond donors (Lipinski definition) is 2. The zero-order chi connectivity index (χ0) is 19.4. The van der Waals surface area contributed by atoms with Gasteiger partial charge < -0.3 is 5.11 Å². The molecule has 0 saturated carbocycles. The van der Waals surface area contributed by atoms with Crippen molar-refractivity contribution in [1.82, 2.24) is 4.72 Å². The number of rotatable bonds is 6. The molecule has 0 amide bonds. The highest BCUT2D eigenvalue weighted by Gasteiger charge is 2.29. The lowest BCUT2D eigenvalue weighted by molar-refractivity contribution is 0.139. The zero-order valence-corrected chi connectivity index (χ0v) is 16.4. The predicted octanol–water partition coefficient (Wildman–Crippen LogP) is 4.75. The van der Waals surface area contributed by atoms with E-state index in [1.165, 1.54) is 18.2 Å². The third-order valence-electron chi connectivity index (χ3n) is 4.08. The zero-order valence-electron chi connectivity index (χ0n) is 14.1. The molecule has 0 unspecified atom stereocenters. The third-order valence-corrected chi connectivity index (χ3v) is 6.24. The van der Waals surface area contributed by atoms with Crippen molar-refractivity contribution < 1.29 is 13.5 Å². The third kappa shape index (κ3) is 4.69. The molecule has 27 heavy (non-hydrogen) atoms. The topological polar surface area (TPSA) is 66.4 Å². The Hall–Kier alpha value is -1.89. The molecule has 2 atom stereocenters. The summed E-state index contributed by atoms with van der Waals surface area (Å²) < 4.78 is 28.4. The largest absolute Gasteiger partial charge is 0.386 e. The Morgan fingerprint density at radius 1 is 0.815 bits per heavy atom. The maximum atomic E-state index is 12.9. The van der Waals surface area contributed by atoms with Gasteiger partial charge in [-0.15, -0.1) is 0 Å². The van der Waals surface area contributed by atoms with Gasteiger partial charge in [0.25, 0.3) is 0 Å². The van der Waals surface area contributed by atoms with Gasteiger partial charge in [0.1, 0.15) is 4.90 Å². The summed E-state index contributed by atoms with van der Waals surface area (Å²) in [5.41, 5.74) is 1.22. The minimum absolute atomic E-state index is 0.0102. The van der Waals surface area contributed by atoms with Crippen LogP contribution in [-0.2, 0) is 10.0 Å². The van der Waals surface area contributed by atoms with Crippen LogP contribution in [0.5, 0.6) is 0 Å². The second kappa shape index (κ2) is 8.42. The van der Waals surface area contributed by atoms with Gasteiger partial charge in [-0.25, -0.2) is 13.1 Å². The van der Waals surface area contributed by atoms with Crippen LogP contribution in [0.15, 0.2) is 83.8 Å². The molecule has 3 aromatic carbocycles. The van der Waals surface area contributed by atoms with Crippen molar-refractivity contribution in [1.29, 1.82) is 0 Å². The number of sulfonamides is 1. The monoisotopic (exact) mass is 421 g/mol. The van der Waals surface area contributed by atoms with E-state index in [-0.39, 0.29) is 9.92 Å². The minimum atomic E-state index is -4.01. The van der Waals surface area contributed by atoms with Crippen LogP contribution < -0.4 is 4.72 Å². The standard InChI is InChI=1S/C20H17Cl2NO3S/c21-16-11-12-18(17(22)13-16)27(25,26)23-19(14-7-3-1-4-8-14)20(24)15-9-5-2-6-10-15/h1-13,19-20,23-24H/t19-,20+/m1/s1. The molecule has 2 N–H and O–H groups in total. The van der Waals surface area contributed by atoms with Crippen LogP contribution >= 0.6 is 23.2 Å². The van der Waals surface area contributed by atoms with Gasteiger partial charge in [0.15, 0.2) is 0 Å². The fraction of sp³-hybridized carbons (Fsp3) is 0.100. The number of halogens is 2. The Morgan fingerprint density at radius 3 is 1.93 bits per heavy atom. The van der Waals surface area contributed by atoms with E-state index in [9.17, 15) is 13.5 Å². The molecule has 0 fully saturated rings. The maximum Gasteiger partial charge on any atom is 0.242 e. The maximum absolute atomic E-state index is 12.9. The van der Waals surface area contributed by atoms with Gasteiger partial charge in [-0.1, -0.05) is 83.9 Å². The number of aliphatic hydroxyl groups is 1. The summed E-state index contributed by atoms with van der Waals surface area (Å²) in [5, 5.41) is 11.2. The Kier molecular flexibility index (Phi) is 6.19. The number of benzene rings is 3. The van der Waals surface area contributed by atoms with Crippen LogP contribution in [0.1, 0.15) is 23.3 Å². The smallest absolute Gasteiger partial charge is 0.242 e. The van der Waals surface area contributed by atoms with E-state index < -0.39 is 22.2 Å². The van der Waals surface area contributed by atoms with Crippen LogP contribution in [0.2, 0.25) is 10.0 Å². The van der Waals surface area contributed by atoms with Crippen molar-refractivity contribution in [2.24, 2.45) is 0 Å². The fourth-order valence-corrected chi connectivity index (χ4v) is 4.74. The molecule has 0 saturated heterocycles. The van der Waals surface area contributed by atoms with E-state index in [1.807, 2.05) is 12.1 Å². The molecule has 0 spiro atoms. The second-order valence-electron chi connectivity index (χ2n) is 5.94. The molecule has 0 heterocycles. The van der Waals surface area contributed by atoms with Crippen molar-refractivity contribution >= 4 is 33.2 Å². The molecule has 3 aromatic rings. The van der Waals surface area contributed by atoms with Gasteiger partial charge in [-0.3, -0.25) is 0 Å². The summed E-state index contributed by atoms with van der Waals surface area (Å²) in [6, 6.07) is 21.0. The summed E-state index contributed by atoms with van der Waals surface area (Å²) in [6.45, 7) is 0. The van der Waals surface area contributed by atoms with E-state index in [4.69, 9.17) is 23.2 Å². The summed E-state index contributed by atoms with van der Waals surface area (Å²) in [6.07, 6.45) is -1.09. The van der Waals surface area contributed by atoms with Crippen LogP contribution in [0.4, 0.5) is 0 Å². The first-order valence-corrected chi connectivity index (χ1v) is 10.4. The average Bonchev–Trinajstić information content (AvgIpc) is 2.67. The molecule has 140 valence electrons. The summed E-state index contributed by atoms with van der Waals surface area (Å²) in [4.78, 5) is -0.102. The highest BCUT2D eigenvalue weighted by atomic mass is 35.5. The lowest BCUT2D eigenvalue weighted by Gasteiger charge is -2.25. The molecule has 0 aromatic heterocycles. The molecule has 7 heteroatoms. The molecular weight excluding hydrogens is 405 g/mol. The van der Waals surface area contributed by atoms with Gasteiger partial charge in [-0.05, 0) is 29.3 Å². The summed E-state index contributed by atoms with van der Waals surface area (Å²) >= 11 is 11.9. The Bertz CT molecular complexity index is 1010. The lowest BCUT2D eigenvalue weighted by atomic mass is 9.97. The van der Waals surface area contributed by atoms with Gasteiger partial charge in [-0.2, -0.15) is 0 Å². The SMILES string of the molecule is O=S(=O)(N[C@H](c1ccccc1)[C@@H](O)c1ccccc1)c1ccc(Cl)cc1Cl. The van der Waals surface area contributed by atoms with Crippen molar-refractivity contribution in [3.8, 4) is 0 Å². The molecular formula is C20H17Cl2NO3S. The highest BCUT2D eigenvalue weighted by molar-refractivity contribution is 7.89. The van der Waals surface area contributed by atoms with Crippen LogP contribution in [0.3, 0.4) is 0 Å². The van der Waals surface area contributed by atoms with Gasteiger partial charge >= 0.3 is 0 Å². The molecule has 0 bridgehead atoms. The highest BCUT2D eigenvalue weighted by Crippen LogP contribution is 2.32. The van der Waals surface area contributed by atoms with E-state index in [0.717, 1.165) is 0 Å². The van der Waals surface area contributed by atoms with Crippen LogP contribution in [0.25, 0.3) is 0 Å². The van der Waals surface area contributed by atoms with Gasteiger partial charge in [0, 0.05) is 5.02 Å². The first-order chi connectivity index (χ1) is 12.9. The second-order valence-corrected chi connectivity index (χ2v) is 8.47. The predicted molar refractivity (Wildman–Crippen MR) is 107 cm³/mol. The van der Waals surface area contributed by atoms with Crippen molar-refractivity contribution in [3.63, 3.8) is 0 Å². The Labute approximate surface area is 168 Å². The van der Waals surface area contributed by atoms with Gasteiger partial charge in [0.2, 0.25) is 10.0 Å². The lowest BCUT2D eigenvalue weighted by Crippen LogP contribution is -2.33. The molecule has 4 nitrogen and oxygen atoms in total. The Balaban J connectivity index is 2.01. The van der Waals surface area contributed by atoms with Crippen molar-refractivity contribution in [2.45, 2.75) is 17.0 Å². The van der Waals surface area contributed by atoms with Gasteiger partial charge in [0.05, 0.1) is 17.2 Å². The molecule has 0 aliphatic carbocycles. The summed E-state index contributed by atoms with van der Waals surface area (Å²) in [5.74, 6) is 0. The first-order valence-electron chi connectivity index (χ1n) is 8.14. The van der Waals surface area contributed by atoms with Crippen molar-refractivity contribution in [3.05, 3.63) is 100 Å². The average molecular weight is 422 g/mol. The Morgan fingerprint density at radius 2 is 1.37 bits per heavy atom. The first kappa shape index (κ1) is 19.9. The van der Waals surface area contributed by atoms with Crippen molar-refractivity contribution in [2.75, 3.05) is 0 Å². The molecule has 0 aliphatic heterocycles. The molecule has 0 radical (unpaired) electrons. The minimum Gasteiger partial charge on any atom is -0.386 e. The fourth-order valence-electron chi connectivity index (χ4n) is 2.74. The van der Waals surface area contributed by atoms with E-state index in [0.29, 0.717) is 16.1 Å². The van der Waals surface area contributed by atoms with E-state index >= 15 is 0 Å². The quantitative estimate of drug-likeness (QED) is 0.603. The van der Waals surface area contributed by atoms with E-state index in [2.05, 4.69) is 4.72 Å². The van der Waals surface area contributed by atoms with Crippen LogP contribution in [0, 0.1) is 0 Å². The normalized spacial score (nSPS) is 13.9. The number of nitrogens with one attached hydrogen (secondary N) is 1. The molecule has 0 aliphatic rings. The van der Waals surface area contributed by atoms with E-state index in [1.54, 1.807) is 48.5 Å². The summed E-state index contributed by atoms with van der Waals surface area (Å²) in [7, 11) is -4.01. The number of aliphatic hydroxyl groups excluding tert-OH is 1. The number of hydrogen-bond acceptors (Lipinski definition) is 3. The van der Waals surface area contributed by atoms with Crippen LogP contribution in [-0.4, -0.2) is 13.5 Å². The molecule has 3 rings (SSSR count).